The Bertz CT molecular complexity index is 1560. The molecular formula is C27H26ClN5OS. The number of aromatic nitrogens is 4. The first-order valence-electron chi connectivity index (χ1n) is 11.3. The van der Waals surface area contributed by atoms with Crippen molar-refractivity contribution in [2.45, 2.75) is 37.8 Å². The molecule has 0 fully saturated rings. The van der Waals surface area contributed by atoms with Crippen LogP contribution in [-0.4, -0.2) is 36.7 Å². The van der Waals surface area contributed by atoms with Crippen molar-refractivity contribution in [2.75, 3.05) is 11.6 Å². The number of pyridine rings is 2. The summed E-state index contributed by atoms with van der Waals surface area (Å²) < 4.78 is 1.85. The maximum atomic E-state index is 10.3. The summed E-state index contributed by atoms with van der Waals surface area (Å²) in [6.45, 7) is 6.07. The summed E-state index contributed by atoms with van der Waals surface area (Å²) in [7, 11) is 0. The molecule has 0 radical (unpaired) electrons. The van der Waals surface area contributed by atoms with Crippen molar-refractivity contribution in [2.24, 2.45) is 0 Å². The maximum absolute atomic E-state index is 10.3. The fourth-order valence-corrected chi connectivity index (χ4v) is 4.98. The van der Waals surface area contributed by atoms with Gasteiger partial charge in [0.05, 0.1) is 40.3 Å². The minimum absolute atomic E-state index is 0.420. The molecule has 0 aliphatic heterocycles. The lowest BCUT2D eigenvalue weighted by molar-refractivity contribution is 0.0591. The first-order valence-corrected chi connectivity index (χ1v) is 12.9. The van der Waals surface area contributed by atoms with Crippen LogP contribution in [0.3, 0.4) is 0 Å². The van der Waals surface area contributed by atoms with Gasteiger partial charge < -0.3 is 10.4 Å². The molecule has 5 aromatic rings. The van der Waals surface area contributed by atoms with Crippen molar-refractivity contribution in [1.29, 1.82) is 0 Å². The summed E-state index contributed by atoms with van der Waals surface area (Å²) in [5.74, 6) is 0.697. The number of hydrogen-bond acceptors (Lipinski definition) is 6. The van der Waals surface area contributed by atoms with Gasteiger partial charge in [-0.2, -0.15) is 5.10 Å². The van der Waals surface area contributed by atoms with Crippen LogP contribution in [0.4, 0.5) is 11.5 Å². The molecule has 0 aliphatic rings. The summed E-state index contributed by atoms with van der Waals surface area (Å²) in [6, 6.07) is 14.0. The van der Waals surface area contributed by atoms with E-state index in [0.29, 0.717) is 17.4 Å². The molecule has 0 atom stereocenters. The fourth-order valence-electron chi connectivity index (χ4n) is 4.25. The fraction of sp³-hybridized carbons (Fsp3) is 0.222. The smallest absolute Gasteiger partial charge is 0.131 e. The number of thioether (sulfide) groups is 1. The van der Waals surface area contributed by atoms with Gasteiger partial charge in [0, 0.05) is 39.0 Å². The Labute approximate surface area is 213 Å². The van der Waals surface area contributed by atoms with E-state index < -0.39 is 5.60 Å². The van der Waals surface area contributed by atoms with Crippen LogP contribution in [0.25, 0.3) is 32.9 Å². The molecule has 0 amide bonds. The molecule has 8 heteroatoms. The summed E-state index contributed by atoms with van der Waals surface area (Å²) in [4.78, 5) is 10.4. The van der Waals surface area contributed by atoms with Crippen molar-refractivity contribution in [3.63, 3.8) is 0 Å². The van der Waals surface area contributed by atoms with Crippen LogP contribution in [0.1, 0.15) is 19.4 Å². The van der Waals surface area contributed by atoms with E-state index in [1.54, 1.807) is 25.6 Å². The second-order valence-corrected chi connectivity index (χ2v) is 10.5. The van der Waals surface area contributed by atoms with Crippen LogP contribution in [0.5, 0.6) is 0 Å². The van der Waals surface area contributed by atoms with Crippen molar-refractivity contribution in [3.05, 3.63) is 71.6 Å². The van der Waals surface area contributed by atoms with Gasteiger partial charge in [0.15, 0.2) is 0 Å². The summed E-state index contributed by atoms with van der Waals surface area (Å²) in [5, 5.41) is 21.8. The minimum Gasteiger partial charge on any atom is -0.389 e. The quantitative estimate of drug-likeness (QED) is 0.247. The standard InChI is InChI=1S/C27H26ClN5OS/c1-16-19(6-8-24-21(16)14-31-33(24)15-27(2,3)34)26-20-12-25(30-13-17(20)9-10-29-26)32-23-7-5-18(35-4)11-22(23)28/h5-14,34H,15H2,1-4H3,(H,30,32). The van der Waals surface area contributed by atoms with E-state index in [2.05, 4.69) is 28.4 Å². The van der Waals surface area contributed by atoms with Crippen molar-refractivity contribution < 1.29 is 5.11 Å². The Hall–Kier alpha value is -3.13. The lowest BCUT2D eigenvalue weighted by atomic mass is 9.98. The molecule has 3 aromatic heterocycles. The molecule has 0 bridgehead atoms. The SMILES string of the molecule is CSc1ccc(Nc2cc3c(-c4ccc5c(cnn5CC(C)(C)O)c4C)nccc3cn2)c(Cl)c1. The molecule has 178 valence electrons. The molecule has 3 heterocycles. The Balaban J connectivity index is 1.57. The van der Waals surface area contributed by atoms with Gasteiger partial charge in [-0.15, -0.1) is 11.8 Å². The normalized spacial score (nSPS) is 11.9. The van der Waals surface area contributed by atoms with Crippen molar-refractivity contribution >= 4 is 56.5 Å². The van der Waals surface area contributed by atoms with Gasteiger partial charge >= 0.3 is 0 Å². The number of halogens is 1. The number of fused-ring (bicyclic) bond motifs is 2. The first kappa shape index (κ1) is 23.6. The highest BCUT2D eigenvalue weighted by atomic mass is 35.5. The topological polar surface area (TPSA) is 75.9 Å². The highest BCUT2D eigenvalue weighted by Crippen LogP contribution is 2.35. The summed E-state index contributed by atoms with van der Waals surface area (Å²) in [6.07, 6.45) is 7.55. The van der Waals surface area contributed by atoms with Crippen molar-refractivity contribution in [1.82, 2.24) is 19.7 Å². The maximum Gasteiger partial charge on any atom is 0.131 e. The number of nitrogens with zero attached hydrogens (tertiary/aromatic N) is 4. The number of aryl methyl sites for hydroxylation is 1. The second-order valence-electron chi connectivity index (χ2n) is 9.21. The minimum atomic E-state index is -0.849. The molecular weight excluding hydrogens is 478 g/mol. The average molecular weight is 504 g/mol. The van der Waals surface area contributed by atoms with E-state index >= 15 is 0 Å². The number of benzene rings is 2. The Kier molecular flexibility index (Phi) is 6.17. The first-order chi connectivity index (χ1) is 16.7. The van der Waals surface area contributed by atoms with Gasteiger partial charge in [-0.1, -0.05) is 17.7 Å². The number of hydrogen-bond donors (Lipinski definition) is 2. The molecule has 6 nitrogen and oxygen atoms in total. The molecule has 0 spiro atoms. The van der Waals surface area contributed by atoms with E-state index in [4.69, 9.17) is 16.6 Å². The molecule has 2 N–H and O–H groups in total. The van der Waals surface area contributed by atoms with Crippen LogP contribution in [-0.2, 0) is 6.54 Å². The largest absolute Gasteiger partial charge is 0.389 e. The van der Waals surface area contributed by atoms with Crippen LogP contribution < -0.4 is 5.32 Å². The number of anilines is 2. The molecule has 0 saturated heterocycles. The Morgan fingerprint density at radius 3 is 2.63 bits per heavy atom. The monoisotopic (exact) mass is 503 g/mol. The van der Waals surface area contributed by atoms with Crippen LogP contribution in [0.2, 0.25) is 5.02 Å². The number of rotatable bonds is 6. The van der Waals surface area contributed by atoms with Crippen LogP contribution >= 0.6 is 23.4 Å². The van der Waals surface area contributed by atoms with E-state index in [1.165, 1.54) is 0 Å². The van der Waals surface area contributed by atoms with Gasteiger partial charge in [-0.05, 0) is 69.0 Å². The van der Waals surface area contributed by atoms with E-state index in [9.17, 15) is 5.11 Å². The van der Waals surface area contributed by atoms with Crippen LogP contribution in [0.15, 0.2) is 66.0 Å². The lowest BCUT2D eigenvalue weighted by Gasteiger charge is -2.18. The molecule has 0 aliphatic carbocycles. The highest BCUT2D eigenvalue weighted by molar-refractivity contribution is 7.98. The highest BCUT2D eigenvalue weighted by Gasteiger charge is 2.18. The zero-order valence-electron chi connectivity index (χ0n) is 20.0. The zero-order valence-corrected chi connectivity index (χ0v) is 21.6. The Morgan fingerprint density at radius 1 is 1.06 bits per heavy atom. The average Bonchev–Trinajstić information content (AvgIpc) is 3.22. The molecule has 5 rings (SSSR count). The van der Waals surface area contributed by atoms with Gasteiger partial charge in [0.25, 0.3) is 0 Å². The van der Waals surface area contributed by atoms with Gasteiger partial charge in [0.1, 0.15) is 5.82 Å². The number of aliphatic hydroxyl groups is 1. The third kappa shape index (κ3) is 4.72. The zero-order chi connectivity index (χ0) is 24.7. The summed E-state index contributed by atoms with van der Waals surface area (Å²) >= 11 is 8.13. The van der Waals surface area contributed by atoms with Crippen LogP contribution in [0, 0.1) is 6.92 Å². The third-order valence-corrected chi connectivity index (χ3v) is 7.01. The predicted octanol–water partition coefficient (Wildman–Crippen LogP) is 6.84. The van der Waals surface area contributed by atoms with E-state index in [0.717, 1.165) is 49.1 Å². The third-order valence-electron chi connectivity index (χ3n) is 5.97. The summed E-state index contributed by atoms with van der Waals surface area (Å²) in [5.41, 5.74) is 3.94. The molecule has 0 saturated carbocycles. The van der Waals surface area contributed by atoms with E-state index in [1.807, 2.05) is 65.9 Å². The molecule has 0 unspecified atom stereocenters. The van der Waals surface area contributed by atoms with Crippen molar-refractivity contribution in [3.8, 4) is 11.3 Å². The number of nitrogens with one attached hydrogen (secondary N) is 1. The molecule has 2 aromatic carbocycles. The second kappa shape index (κ2) is 9.15. The Morgan fingerprint density at radius 2 is 1.89 bits per heavy atom. The van der Waals surface area contributed by atoms with Gasteiger partial charge in [-0.25, -0.2) is 4.98 Å². The molecule has 35 heavy (non-hydrogen) atoms. The van der Waals surface area contributed by atoms with Gasteiger partial charge in [-0.3, -0.25) is 9.67 Å². The van der Waals surface area contributed by atoms with E-state index in [-0.39, 0.29) is 0 Å². The van der Waals surface area contributed by atoms with Gasteiger partial charge in [0.2, 0.25) is 0 Å². The predicted molar refractivity (Wildman–Crippen MR) is 146 cm³/mol. The lowest BCUT2D eigenvalue weighted by Crippen LogP contribution is -2.26.